The molecule has 6 nitrogen and oxygen atoms in total. The van der Waals surface area contributed by atoms with Crippen LogP contribution in [0.3, 0.4) is 0 Å². The highest BCUT2D eigenvalue weighted by Gasteiger charge is 2.23. The van der Waals surface area contributed by atoms with E-state index in [2.05, 4.69) is 10.3 Å². The van der Waals surface area contributed by atoms with Crippen LogP contribution in [-0.4, -0.2) is 29.8 Å². The van der Waals surface area contributed by atoms with Gasteiger partial charge in [0, 0.05) is 19.7 Å². The van der Waals surface area contributed by atoms with Gasteiger partial charge in [-0.3, -0.25) is 4.79 Å². The highest BCUT2D eigenvalue weighted by Crippen LogP contribution is 2.29. The number of nitrogens with one attached hydrogen (secondary N) is 1. The zero-order chi connectivity index (χ0) is 22.7. The van der Waals surface area contributed by atoms with E-state index in [1.165, 1.54) is 25.0 Å². The van der Waals surface area contributed by atoms with Gasteiger partial charge in [-0.25, -0.2) is 13.2 Å². The van der Waals surface area contributed by atoms with Crippen molar-refractivity contribution in [2.75, 3.05) is 19.5 Å². The monoisotopic (exact) mass is 455 g/mol. The third-order valence-electron chi connectivity index (χ3n) is 4.84. The summed E-state index contributed by atoms with van der Waals surface area (Å²) in [6.07, 6.45) is 3.65. The van der Waals surface area contributed by atoms with Crippen LogP contribution < -0.4 is 10.9 Å². The molecule has 0 aliphatic heterocycles. The van der Waals surface area contributed by atoms with Crippen LogP contribution >= 0.6 is 11.6 Å². The molecule has 0 radical (unpaired) electrons. The summed E-state index contributed by atoms with van der Waals surface area (Å²) in [6.45, 7) is 1.81. The van der Waals surface area contributed by atoms with Crippen molar-refractivity contribution in [2.45, 2.75) is 32.5 Å². The first-order chi connectivity index (χ1) is 14.7. The molecule has 0 saturated heterocycles. The second kappa shape index (κ2) is 9.57. The van der Waals surface area contributed by atoms with Crippen LogP contribution in [0, 0.1) is 17.5 Å². The molecule has 0 fully saturated rings. The smallest absolute Gasteiger partial charge is 0.279 e. The van der Waals surface area contributed by atoms with E-state index in [4.69, 9.17) is 21.1 Å². The molecule has 2 aromatic rings. The van der Waals surface area contributed by atoms with Gasteiger partial charge in [-0.1, -0.05) is 11.6 Å². The first-order valence-corrected chi connectivity index (χ1v) is 9.71. The molecular formula is C21H21ClF3N3O3. The quantitative estimate of drug-likeness (QED) is 0.637. The van der Waals surface area contributed by atoms with E-state index in [0.717, 1.165) is 17.7 Å². The third kappa shape index (κ3) is 5.11. The Labute approximate surface area is 182 Å². The van der Waals surface area contributed by atoms with Crippen LogP contribution in [0.25, 0.3) is 0 Å². The average Bonchev–Trinajstić information content (AvgIpc) is 2.71. The SMILES string of the molecule is COCc1cn(Cc2cc(F)c(F)c(F)c2)c(NC2CC(Cl)=C(OC)C=C2C)nc1=O. The van der Waals surface area contributed by atoms with E-state index in [-0.39, 0.29) is 36.3 Å². The molecule has 3 rings (SSSR count). The second-order valence-corrected chi connectivity index (χ2v) is 7.55. The highest BCUT2D eigenvalue weighted by molar-refractivity contribution is 6.30. The number of ether oxygens (including phenoxy) is 2. The van der Waals surface area contributed by atoms with Gasteiger partial charge in [-0.05, 0) is 36.3 Å². The maximum Gasteiger partial charge on any atom is 0.279 e. The van der Waals surface area contributed by atoms with Crippen molar-refractivity contribution in [3.05, 3.63) is 79.7 Å². The normalized spacial score (nSPS) is 16.4. The summed E-state index contributed by atoms with van der Waals surface area (Å²) < 4.78 is 52.4. The zero-order valence-electron chi connectivity index (χ0n) is 17.1. The zero-order valence-corrected chi connectivity index (χ0v) is 17.9. The van der Waals surface area contributed by atoms with E-state index < -0.39 is 23.0 Å². The van der Waals surface area contributed by atoms with Crippen molar-refractivity contribution in [3.8, 4) is 0 Å². The number of methoxy groups -OCH3 is 2. The molecule has 1 aromatic heterocycles. The van der Waals surface area contributed by atoms with Gasteiger partial charge in [0.05, 0.1) is 36.9 Å². The number of aromatic nitrogens is 2. The van der Waals surface area contributed by atoms with Crippen molar-refractivity contribution < 1.29 is 22.6 Å². The largest absolute Gasteiger partial charge is 0.496 e. The van der Waals surface area contributed by atoms with Crippen molar-refractivity contribution in [3.63, 3.8) is 0 Å². The number of nitrogens with zero attached hydrogens (tertiary/aromatic N) is 2. The molecule has 166 valence electrons. The molecule has 1 aromatic carbocycles. The predicted octanol–water partition coefficient (Wildman–Crippen LogP) is 4.08. The Kier molecular flexibility index (Phi) is 7.07. The Hall–Kier alpha value is -2.78. The Balaban J connectivity index is 1.98. The minimum absolute atomic E-state index is 0.00633. The van der Waals surface area contributed by atoms with Crippen LogP contribution in [-0.2, 0) is 22.6 Å². The number of allylic oxidation sites excluding steroid dienone is 1. The molecule has 1 N–H and O–H groups in total. The maximum atomic E-state index is 13.7. The molecule has 31 heavy (non-hydrogen) atoms. The minimum atomic E-state index is -1.54. The van der Waals surface area contributed by atoms with Gasteiger partial charge >= 0.3 is 0 Å². The summed E-state index contributed by atoms with van der Waals surface area (Å²) in [7, 11) is 2.95. The second-order valence-electron chi connectivity index (χ2n) is 7.09. The Morgan fingerprint density at radius 1 is 1.26 bits per heavy atom. The number of hydrogen-bond donors (Lipinski definition) is 1. The molecule has 0 spiro atoms. The summed E-state index contributed by atoms with van der Waals surface area (Å²) in [5, 5.41) is 3.65. The van der Waals surface area contributed by atoms with E-state index in [9.17, 15) is 18.0 Å². The summed E-state index contributed by atoms with van der Waals surface area (Å²) >= 11 is 6.27. The van der Waals surface area contributed by atoms with Crippen molar-refractivity contribution >= 4 is 17.5 Å². The van der Waals surface area contributed by atoms with E-state index in [0.29, 0.717) is 17.2 Å². The van der Waals surface area contributed by atoms with E-state index in [1.807, 2.05) is 6.92 Å². The van der Waals surface area contributed by atoms with E-state index in [1.54, 1.807) is 6.08 Å². The van der Waals surface area contributed by atoms with Crippen molar-refractivity contribution in [1.29, 1.82) is 0 Å². The van der Waals surface area contributed by atoms with Gasteiger partial charge in [-0.15, -0.1) is 0 Å². The molecule has 0 bridgehead atoms. The third-order valence-corrected chi connectivity index (χ3v) is 5.19. The first-order valence-electron chi connectivity index (χ1n) is 9.33. The molecule has 10 heteroatoms. The predicted molar refractivity (Wildman–Crippen MR) is 110 cm³/mol. The van der Waals surface area contributed by atoms with E-state index >= 15 is 0 Å². The number of halogens is 4. The van der Waals surface area contributed by atoms with Crippen LogP contribution in [0.1, 0.15) is 24.5 Å². The Morgan fingerprint density at radius 2 is 1.94 bits per heavy atom. The summed E-state index contributed by atoms with van der Waals surface area (Å²) in [5.41, 5.74) is 0.797. The molecular weight excluding hydrogens is 435 g/mol. The maximum absolute atomic E-state index is 13.7. The number of hydrogen-bond acceptors (Lipinski definition) is 5. The van der Waals surface area contributed by atoms with Crippen LogP contribution in [0.2, 0.25) is 0 Å². The van der Waals surface area contributed by atoms with Gasteiger partial charge in [0.1, 0.15) is 5.76 Å². The lowest BCUT2D eigenvalue weighted by Crippen LogP contribution is -2.30. The lowest BCUT2D eigenvalue weighted by Gasteiger charge is -2.26. The Morgan fingerprint density at radius 3 is 2.55 bits per heavy atom. The fraction of sp³-hybridized carbons (Fsp3) is 0.333. The molecule has 1 aliphatic rings. The van der Waals surface area contributed by atoms with Crippen LogP contribution in [0.15, 0.2) is 45.6 Å². The van der Waals surface area contributed by atoms with Gasteiger partial charge in [0.25, 0.3) is 5.56 Å². The van der Waals surface area contributed by atoms with Crippen molar-refractivity contribution in [1.82, 2.24) is 9.55 Å². The van der Waals surface area contributed by atoms with Gasteiger partial charge in [0.2, 0.25) is 5.95 Å². The van der Waals surface area contributed by atoms with Crippen molar-refractivity contribution in [2.24, 2.45) is 0 Å². The Bertz CT molecular complexity index is 1090. The summed E-state index contributed by atoms with van der Waals surface area (Å²) in [4.78, 5) is 16.5. The number of benzene rings is 1. The van der Waals surface area contributed by atoms with Gasteiger partial charge < -0.3 is 19.4 Å². The number of rotatable bonds is 7. The van der Waals surface area contributed by atoms with Crippen LogP contribution in [0.5, 0.6) is 0 Å². The molecule has 0 saturated carbocycles. The highest BCUT2D eigenvalue weighted by atomic mass is 35.5. The van der Waals surface area contributed by atoms with Gasteiger partial charge in [0.15, 0.2) is 17.5 Å². The molecule has 1 atom stereocenters. The molecule has 1 aliphatic carbocycles. The molecule has 1 heterocycles. The standard InChI is InChI=1S/C21H21ClF3N3O3/c1-11-4-18(31-3)14(22)7-17(11)26-21-27-20(29)13(10-30-2)9-28(21)8-12-5-15(23)19(25)16(24)6-12/h4-6,9,17H,7-8,10H2,1-3H3,(H,26,27,29). The summed E-state index contributed by atoms with van der Waals surface area (Å²) in [5.74, 6) is -3.43. The number of anilines is 1. The van der Waals surface area contributed by atoms with Crippen LogP contribution in [0.4, 0.5) is 19.1 Å². The minimum Gasteiger partial charge on any atom is -0.496 e. The first kappa shape index (κ1) is 22.9. The fourth-order valence-electron chi connectivity index (χ4n) is 3.24. The summed E-state index contributed by atoms with van der Waals surface area (Å²) in [6, 6.07) is 1.50. The van der Waals surface area contributed by atoms with Gasteiger partial charge in [-0.2, -0.15) is 4.98 Å². The topological polar surface area (TPSA) is 65.4 Å². The lowest BCUT2D eigenvalue weighted by atomic mass is 9.99. The fourth-order valence-corrected chi connectivity index (χ4v) is 3.53. The molecule has 0 amide bonds. The average molecular weight is 456 g/mol. The molecule has 1 unspecified atom stereocenters. The lowest BCUT2D eigenvalue weighted by molar-refractivity contribution is 0.183.